The average molecular weight is 347 g/mol. The molecular formula is C15H20Cl2N2O3. The van der Waals surface area contributed by atoms with Crippen LogP contribution < -0.4 is 10.1 Å². The first-order valence-electron chi connectivity index (χ1n) is 7.16. The Balaban J connectivity index is 0.00000176. The van der Waals surface area contributed by atoms with E-state index < -0.39 is 0 Å². The molecule has 0 radical (unpaired) electrons. The van der Waals surface area contributed by atoms with Gasteiger partial charge in [-0.3, -0.25) is 4.79 Å². The molecule has 0 unspecified atom stereocenters. The van der Waals surface area contributed by atoms with Crippen LogP contribution in [0.15, 0.2) is 18.2 Å². The Labute approximate surface area is 141 Å². The molecule has 122 valence electrons. The lowest BCUT2D eigenvalue weighted by molar-refractivity contribution is -0.144. The van der Waals surface area contributed by atoms with Crippen LogP contribution in [0, 0.1) is 6.92 Å². The molecule has 0 spiro atoms. The van der Waals surface area contributed by atoms with E-state index in [1.165, 1.54) is 0 Å². The van der Waals surface area contributed by atoms with Crippen LogP contribution in [0.4, 0.5) is 0 Å². The predicted molar refractivity (Wildman–Crippen MR) is 87.0 cm³/mol. The van der Waals surface area contributed by atoms with Gasteiger partial charge in [-0.15, -0.1) is 12.4 Å². The number of aryl methyl sites for hydroxylation is 1. The van der Waals surface area contributed by atoms with Gasteiger partial charge in [0.2, 0.25) is 0 Å². The Morgan fingerprint density at radius 1 is 1.50 bits per heavy atom. The zero-order valence-corrected chi connectivity index (χ0v) is 14.0. The number of halogens is 2. The molecule has 5 nitrogen and oxygen atoms in total. The Hall–Kier alpha value is -1.01. The SMILES string of the molecule is Cc1cc(OCC(=O)N2CCO[C@H]3CNC[C@H]32)ccc1Cl.Cl. The molecule has 22 heavy (non-hydrogen) atoms. The molecule has 1 amide bonds. The summed E-state index contributed by atoms with van der Waals surface area (Å²) in [5.74, 6) is 0.671. The second-order valence-corrected chi connectivity index (χ2v) is 5.83. The van der Waals surface area contributed by atoms with Crippen molar-refractivity contribution in [2.75, 3.05) is 32.8 Å². The molecular weight excluding hydrogens is 327 g/mol. The Morgan fingerprint density at radius 2 is 2.32 bits per heavy atom. The van der Waals surface area contributed by atoms with Crippen LogP contribution in [-0.4, -0.2) is 55.8 Å². The molecule has 0 aliphatic carbocycles. The maximum absolute atomic E-state index is 12.4. The second kappa shape index (κ2) is 7.51. The average Bonchev–Trinajstić information content (AvgIpc) is 2.96. The van der Waals surface area contributed by atoms with E-state index in [2.05, 4.69) is 5.32 Å². The summed E-state index contributed by atoms with van der Waals surface area (Å²) in [7, 11) is 0. The van der Waals surface area contributed by atoms with Gasteiger partial charge in [-0.25, -0.2) is 0 Å². The first-order chi connectivity index (χ1) is 10.1. The zero-order valence-electron chi connectivity index (χ0n) is 12.4. The fourth-order valence-corrected chi connectivity index (χ4v) is 2.95. The van der Waals surface area contributed by atoms with Crippen LogP contribution in [-0.2, 0) is 9.53 Å². The smallest absolute Gasteiger partial charge is 0.260 e. The summed E-state index contributed by atoms with van der Waals surface area (Å²) in [4.78, 5) is 14.2. The van der Waals surface area contributed by atoms with Crippen molar-refractivity contribution in [2.24, 2.45) is 0 Å². The van der Waals surface area contributed by atoms with Gasteiger partial charge >= 0.3 is 0 Å². The first-order valence-corrected chi connectivity index (χ1v) is 7.53. The molecule has 0 saturated carbocycles. The van der Waals surface area contributed by atoms with Crippen molar-refractivity contribution in [1.82, 2.24) is 10.2 Å². The summed E-state index contributed by atoms with van der Waals surface area (Å²) in [6.07, 6.45) is 0.112. The normalized spacial score (nSPS) is 23.6. The summed E-state index contributed by atoms with van der Waals surface area (Å²) in [5, 5.41) is 3.96. The molecule has 1 aromatic rings. The minimum Gasteiger partial charge on any atom is -0.484 e. The fraction of sp³-hybridized carbons (Fsp3) is 0.533. The number of carbonyl (C=O) groups is 1. The molecule has 7 heteroatoms. The number of nitrogens with one attached hydrogen (secondary N) is 1. The minimum atomic E-state index is 0. The Kier molecular flexibility index (Phi) is 5.92. The summed E-state index contributed by atoms with van der Waals surface area (Å²) < 4.78 is 11.3. The number of amides is 1. The van der Waals surface area contributed by atoms with Gasteiger partial charge in [0.15, 0.2) is 6.61 Å². The third-order valence-electron chi connectivity index (χ3n) is 4.00. The van der Waals surface area contributed by atoms with Gasteiger partial charge in [-0.2, -0.15) is 0 Å². The third kappa shape index (κ3) is 3.66. The van der Waals surface area contributed by atoms with E-state index in [9.17, 15) is 4.79 Å². The van der Waals surface area contributed by atoms with Gasteiger partial charge in [0, 0.05) is 24.7 Å². The molecule has 1 aromatic carbocycles. The molecule has 1 N–H and O–H groups in total. The molecule has 2 saturated heterocycles. The van der Waals surface area contributed by atoms with Crippen molar-refractivity contribution in [3.05, 3.63) is 28.8 Å². The van der Waals surface area contributed by atoms with E-state index in [1.54, 1.807) is 12.1 Å². The van der Waals surface area contributed by atoms with Crippen LogP contribution in [0.25, 0.3) is 0 Å². The lowest BCUT2D eigenvalue weighted by atomic mass is 10.1. The quantitative estimate of drug-likeness (QED) is 0.903. The maximum atomic E-state index is 12.4. The highest BCUT2D eigenvalue weighted by Gasteiger charge is 2.38. The van der Waals surface area contributed by atoms with Gasteiger partial charge in [0.05, 0.1) is 18.8 Å². The number of benzene rings is 1. The lowest BCUT2D eigenvalue weighted by Gasteiger charge is -2.36. The molecule has 2 aliphatic rings. The highest BCUT2D eigenvalue weighted by molar-refractivity contribution is 6.31. The van der Waals surface area contributed by atoms with Crippen molar-refractivity contribution >= 4 is 29.9 Å². The molecule has 3 rings (SSSR count). The lowest BCUT2D eigenvalue weighted by Crippen LogP contribution is -2.54. The van der Waals surface area contributed by atoms with Crippen molar-refractivity contribution in [3.8, 4) is 5.75 Å². The number of morpholine rings is 1. The second-order valence-electron chi connectivity index (χ2n) is 5.42. The summed E-state index contributed by atoms with van der Waals surface area (Å²) in [5.41, 5.74) is 0.938. The number of ether oxygens (including phenoxy) is 2. The van der Waals surface area contributed by atoms with E-state index in [0.717, 1.165) is 18.7 Å². The topological polar surface area (TPSA) is 50.8 Å². The van der Waals surface area contributed by atoms with Gasteiger partial charge in [0.1, 0.15) is 5.75 Å². The van der Waals surface area contributed by atoms with Crippen LogP contribution in [0.5, 0.6) is 5.75 Å². The molecule has 2 aliphatic heterocycles. The van der Waals surface area contributed by atoms with E-state index in [1.807, 2.05) is 17.9 Å². The van der Waals surface area contributed by atoms with Crippen LogP contribution in [0.2, 0.25) is 5.02 Å². The van der Waals surface area contributed by atoms with Crippen molar-refractivity contribution in [1.29, 1.82) is 0 Å². The molecule has 0 aromatic heterocycles. The van der Waals surface area contributed by atoms with Crippen LogP contribution in [0.3, 0.4) is 0 Å². The predicted octanol–water partition coefficient (Wildman–Crippen LogP) is 1.65. The highest BCUT2D eigenvalue weighted by Crippen LogP contribution is 2.22. The van der Waals surface area contributed by atoms with Crippen LogP contribution >= 0.6 is 24.0 Å². The monoisotopic (exact) mass is 346 g/mol. The van der Waals surface area contributed by atoms with E-state index in [-0.39, 0.29) is 37.1 Å². The van der Waals surface area contributed by atoms with E-state index >= 15 is 0 Å². The largest absolute Gasteiger partial charge is 0.484 e. The molecule has 2 fully saturated rings. The highest BCUT2D eigenvalue weighted by atomic mass is 35.5. The van der Waals surface area contributed by atoms with E-state index in [4.69, 9.17) is 21.1 Å². The zero-order chi connectivity index (χ0) is 14.8. The van der Waals surface area contributed by atoms with Crippen molar-refractivity contribution in [2.45, 2.75) is 19.1 Å². The number of carbonyl (C=O) groups excluding carboxylic acids is 1. The summed E-state index contributed by atoms with van der Waals surface area (Å²) >= 11 is 5.97. The number of hydrogen-bond donors (Lipinski definition) is 1. The number of hydrogen-bond acceptors (Lipinski definition) is 4. The minimum absolute atomic E-state index is 0. The van der Waals surface area contributed by atoms with Gasteiger partial charge < -0.3 is 19.7 Å². The van der Waals surface area contributed by atoms with Gasteiger partial charge in [0.25, 0.3) is 5.91 Å². The van der Waals surface area contributed by atoms with Gasteiger partial charge in [-0.05, 0) is 30.7 Å². The van der Waals surface area contributed by atoms with Crippen LogP contribution in [0.1, 0.15) is 5.56 Å². The Bertz CT molecular complexity index is 542. The van der Waals surface area contributed by atoms with Crippen molar-refractivity contribution < 1.29 is 14.3 Å². The maximum Gasteiger partial charge on any atom is 0.260 e. The summed E-state index contributed by atoms with van der Waals surface area (Å²) in [6, 6.07) is 5.53. The van der Waals surface area contributed by atoms with Crippen molar-refractivity contribution in [3.63, 3.8) is 0 Å². The molecule has 2 heterocycles. The summed E-state index contributed by atoms with van der Waals surface area (Å²) in [6.45, 7) is 4.78. The number of rotatable bonds is 3. The third-order valence-corrected chi connectivity index (χ3v) is 4.43. The Morgan fingerprint density at radius 3 is 3.09 bits per heavy atom. The number of fused-ring (bicyclic) bond motifs is 1. The standard InChI is InChI=1S/C15H19ClN2O3.ClH/c1-10-6-11(2-3-12(10)16)21-9-15(19)18-4-5-20-14-8-17-7-13(14)18;/h2-3,6,13-14,17H,4-5,7-9H2,1H3;1H/t13-,14+;/m1./s1. The van der Waals surface area contributed by atoms with E-state index in [0.29, 0.717) is 23.9 Å². The fourth-order valence-electron chi connectivity index (χ4n) is 2.83. The molecule has 0 bridgehead atoms. The molecule has 2 atom stereocenters. The first kappa shape index (κ1) is 17.3. The number of nitrogens with zero attached hydrogens (tertiary/aromatic N) is 1. The van der Waals surface area contributed by atoms with Gasteiger partial charge in [-0.1, -0.05) is 11.6 Å².